The van der Waals surface area contributed by atoms with Gasteiger partial charge in [-0.05, 0) is 43.8 Å². The lowest BCUT2D eigenvalue weighted by Crippen LogP contribution is -2.32. The van der Waals surface area contributed by atoms with Gasteiger partial charge in [-0.2, -0.15) is 0 Å². The van der Waals surface area contributed by atoms with Gasteiger partial charge in [-0.1, -0.05) is 0 Å². The van der Waals surface area contributed by atoms with Crippen molar-refractivity contribution in [3.8, 4) is 0 Å². The highest BCUT2D eigenvalue weighted by Crippen LogP contribution is 2.20. The van der Waals surface area contributed by atoms with E-state index in [1.54, 1.807) is 23.3 Å². The molecule has 1 aromatic rings. The number of carbonyl (C=O) groups excluding carboxylic acids is 1. The second kappa shape index (κ2) is 6.27. The van der Waals surface area contributed by atoms with Crippen molar-refractivity contribution in [2.24, 2.45) is 0 Å². The molecule has 0 saturated carbocycles. The number of aryl methyl sites for hydroxylation is 1. The van der Waals surface area contributed by atoms with Crippen molar-refractivity contribution in [3.63, 3.8) is 0 Å². The molecule has 0 atom stereocenters. The fourth-order valence-corrected chi connectivity index (χ4v) is 2.92. The highest BCUT2D eigenvalue weighted by Gasteiger charge is 2.29. The van der Waals surface area contributed by atoms with Crippen molar-refractivity contribution in [1.29, 1.82) is 0 Å². The fraction of sp³-hybridized carbons (Fsp3) is 0.385. The van der Waals surface area contributed by atoms with Gasteiger partial charge in [0.15, 0.2) is 5.11 Å². The van der Waals surface area contributed by atoms with Gasteiger partial charge in [0.2, 0.25) is 0 Å². The van der Waals surface area contributed by atoms with Crippen LogP contribution >= 0.6 is 23.6 Å². The highest BCUT2D eigenvalue weighted by atomic mass is 32.1. The van der Waals surface area contributed by atoms with Crippen molar-refractivity contribution < 1.29 is 9.53 Å². The van der Waals surface area contributed by atoms with E-state index in [1.165, 1.54) is 4.88 Å². The van der Waals surface area contributed by atoms with Crippen LogP contribution in [-0.2, 0) is 9.53 Å². The molecule has 1 aliphatic heterocycles. The summed E-state index contributed by atoms with van der Waals surface area (Å²) in [5, 5.41) is 3.45. The predicted molar refractivity (Wildman–Crippen MR) is 81.0 cm³/mol. The topological polar surface area (TPSA) is 41.6 Å². The Bertz CT molecular complexity index is 522. The van der Waals surface area contributed by atoms with Gasteiger partial charge in [0, 0.05) is 30.0 Å². The van der Waals surface area contributed by atoms with Crippen LogP contribution in [0.3, 0.4) is 0 Å². The molecule has 0 spiro atoms. The summed E-state index contributed by atoms with van der Waals surface area (Å²) in [4.78, 5) is 16.0. The van der Waals surface area contributed by atoms with E-state index in [4.69, 9.17) is 17.0 Å². The molecule has 2 rings (SSSR count). The SMILES string of the molecule is COCCCN1C(=O)/C(=C\c2ccc(C)s2)NC1=S. The third kappa shape index (κ3) is 3.40. The molecule has 6 heteroatoms. The van der Waals surface area contributed by atoms with E-state index in [2.05, 4.69) is 5.32 Å². The van der Waals surface area contributed by atoms with Crippen LogP contribution in [0.4, 0.5) is 0 Å². The van der Waals surface area contributed by atoms with Crippen molar-refractivity contribution >= 4 is 40.7 Å². The summed E-state index contributed by atoms with van der Waals surface area (Å²) in [6, 6.07) is 4.03. The highest BCUT2D eigenvalue weighted by molar-refractivity contribution is 7.80. The number of nitrogens with one attached hydrogen (secondary N) is 1. The molecule has 1 saturated heterocycles. The van der Waals surface area contributed by atoms with Gasteiger partial charge in [0.1, 0.15) is 5.70 Å². The Morgan fingerprint density at radius 1 is 1.53 bits per heavy atom. The monoisotopic (exact) mass is 296 g/mol. The smallest absolute Gasteiger partial charge is 0.276 e. The van der Waals surface area contributed by atoms with Gasteiger partial charge >= 0.3 is 0 Å². The first-order valence-corrected chi connectivity index (χ1v) is 7.24. The number of hydrogen-bond acceptors (Lipinski definition) is 4. The van der Waals surface area contributed by atoms with Gasteiger partial charge in [-0.25, -0.2) is 0 Å². The van der Waals surface area contributed by atoms with E-state index in [1.807, 2.05) is 25.1 Å². The molecule has 0 unspecified atom stereocenters. The second-order valence-corrected chi connectivity index (χ2v) is 5.95. The van der Waals surface area contributed by atoms with E-state index >= 15 is 0 Å². The van der Waals surface area contributed by atoms with Crippen molar-refractivity contribution in [1.82, 2.24) is 10.2 Å². The quantitative estimate of drug-likeness (QED) is 0.513. The van der Waals surface area contributed by atoms with Crippen LogP contribution in [0.1, 0.15) is 16.2 Å². The summed E-state index contributed by atoms with van der Waals surface area (Å²) in [7, 11) is 1.65. The van der Waals surface area contributed by atoms with Crippen LogP contribution in [-0.4, -0.2) is 36.2 Å². The second-order valence-electron chi connectivity index (χ2n) is 4.24. The number of methoxy groups -OCH3 is 1. The maximum Gasteiger partial charge on any atom is 0.276 e. The predicted octanol–water partition coefficient (Wildman–Crippen LogP) is 2.15. The first kappa shape index (κ1) is 14.2. The molecule has 2 heterocycles. The molecule has 1 N–H and O–H groups in total. The van der Waals surface area contributed by atoms with E-state index in [-0.39, 0.29) is 5.91 Å². The van der Waals surface area contributed by atoms with Crippen LogP contribution < -0.4 is 5.32 Å². The first-order chi connectivity index (χ1) is 9.11. The molecule has 102 valence electrons. The third-order valence-electron chi connectivity index (χ3n) is 2.74. The lowest BCUT2D eigenvalue weighted by atomic mass is 10.3. The summed E-state index contributed by atoms with van der Waals surface area (Å²) >= 11 is 6.83. The first-order valence-electron chi connectivity index (χ1n) is 6.01. The molecule has 4 nitrogen and oxygen atoms in total. The van der Waals surface area contributed by atoms with E-state index in [0.29, 0.717) is 24.0 Å². The van der Waals surface area contributed by atoms with Gasteiger partial charge < -0.3 is 10.1 Å². The molecule has 0 radical (unpaired) electrons. The van der Waals surface area contributed by atoms with Crippen molar-refractivity contribution in [2.45, 2.75) is 13.3 Å². The minimum atomic E-state index is -0.0628. The minimum absolute atomic E-state index is 0.0628. The standard InChI is InChI=1S/C13H16N2O2S2/c1-9-4-5-10(19-9)8-11-12(16)15(13(18)14-11)6-3-7-17-2/h4-5,8H,3,6-7H2,1-2H3,(H,14,18)/b11-8+. The number of carbonyl (C=O) groups is 1. The molecule has 19 heavy (non-hydrogen) atoms. The molecule has 0 aliphatic carbocycles. The lowest BCUT2D eigenvalue weighted by molar-refractivity contribution is -0.122. The Balaban J connectivity index is 2.07. The number of amides is 1. The summed E-state index contributed by atoms with van der Waals surface area (Å²) in [5.41, 5.74) is 0.546. The number of rotatable bonds is 5. The maximum atomic E-state index is 12.2. The normalized spacial score (nSPS) is 17.4. The Hall–Kier alpha value is -1.24. The molecular formula is C13H16N2O2S2. The largest absolute Gasteiger partial charge is 0.385 e. The van der Waals surface area contributed by atoms with Gasteiger partial charge in [0.25, 0.3) is 5.91 Å². The van der Waals surface area contributed by atoms with E-state index in [0.717, 1.165) is 11.3 Å². The average Bonchev–Trinajstić information content (AvgIpc) is 2.88. The van der Waals surface area contributed by atoms with E-state index in [9.17, 15) is 4.79 Å². The van der Waals surface area contributed by atoms with E-state index < -0.39 is 0 Å². The molecule has 1 aromatic heterocycles. The fourth-order valence-electron chi connectivity index (χ4n) is 1.81. The van der Waals surface area contributed by atoms with Gasteiger partial charge in [-0.15, -0.1) is 11.3 Å². The number of hydrogen-bond donors (Lipinski definition) is 1. The Morgan fingerprint density at radius 3 is 2.95 bits per heavy atom. The molecular weight excluding hydrogens is 280 g/mol. The number of thiocarbonyl (C=S) groups is 1. The van der Waals surface area contributed by atoms with Crippen LogP contribution in [0.2, 0.25) is 0 Å². The summed E-state index contributed by atoms with van der Waals surface area (Å²) < 4.78 is 4.98. The number of nitrogens with zero attached hydrogens (tertiary/aromatic N) is 1. The Kier molecular flexibility index (Phi) is 4.68. The van der Waals surface area contributed by atoms with Crippen LogP contribution in [0, 0.1) is 6.92 Å². The Labute approximate surface area is 122 Å². The Morgan fingerprint density at radius 2 is 2.32 bits per heavy atom. The summed E-state index contributed by atoms with van der Waals surface area (Å²) in [5.74, 6) is -0.0628. The summed E-state index contributed by atoms with van der Waals surface area (Å²) in [6.45, 7) is 3.24. The number of ether oxygens (including phenoxy) is 1. The molecule has 0 bridgehead atoms. The zero-order valence-electron chi connectivity index (χ0n) is 10.9. The van der Waals surface area contributed by atoms with Gasteiger partial charge in [-0.3, -0.25) is 9.69 Å². The zero-order chi connectivity index (χ0) is 13.8. The molecule has 1 amide bonds. The molecule has 1 aliphatic rings. The number of thiophene rings is 1. The third-order valence-corrected chi connectivity index (χ3v) is 4.01. The molecule has 0 aromatic carbocycles. The average molecular weight is 296 g/mol. The van der Waals surface area contributed by atoms with Crippen molar-refractivity contribution in [2.75, 3.05) is 20.3 Å². The molecule has 1 fully saturated rings. The van der Waals surface area contributed by atoms with Crippen molar-refractivity contribution in [3.05, 3.63) is 27.6 Å². The minimum Gasteiger partial charge on any atom is -0.385 e. The van der Waals surface area contributed by atoms with Crippen LogP contribution in [0.25, 0.3) is 6.08 Å². The van der Waals surface area contributed by atoms with Crippen LogP contribution in [0.5, 0.6) is 0 Å². The maximum absolute atomic E-state index is 12.2. The summed E-state index contributed by atoms with van der Waals surface area (Å²) in [6.07, 6.45) is 2.62. The van der Waals surface area contributed by atoms with Crippen LogP contribution in [0.15, 0.2) is 17.8 Å². The van der Waals surface area contributed by atoms with Gasteiger partial charge in [0.05, 0.1) is 0 Å². The lowest BCUT2D eigenvalue weighted by Gasteiger charge is -2.12. The zero-order valence-corrected chi connectivity index (χ0v) is 12.6.